The SMILES string of the molecule is NC(=O)c1ccc(F)cc1-c1n[nH]c2cc[nH]c12. The zero-order valence-corrected chi connectivity index (χ0v) is 9.20. The van der Waals surface area contributed by atoms with E-state index >= 15 is 0 Å². The number of halogens is 1. The largest absolute Gasteiger partial charge is 0.366 e. The number of primary amides is 1. The minimum Gasteiger partial charge on any atom is -0.366 e. The number of aromatic amines is 2. The molecule has 0 aliphatic heterocycles. The summed E-state index contributed by atoms with van der Waals surface area (Å²) in [5, 5.41) is 6.88. The number of amides is 1. The van der Waals surface area contributed by atoms with Crippen LogP contribution in [0.5, 0.6) is 0 Å². The van der Waals surface area contributed by atoms with Crippen LogP contribution in [0.4, 0.5) is 4.39 Å². The van der Waals surface area contributed by atoms with Gasteiger partial charge >= 0.3 is 0 Å². The van der Waals surface area contributed by atoms with Gasteiger partial charge < -0.3 is 10.7 Å². The maximum absolute atomic E-state index is 13.3. The van der Waals surface area contributed by atoms with Crippen LogP contribution in [0.3, 0.4) is 0 Å². The second kappa shape index (κ2) is 3.69. The van der Waals surface area contributed by atoms with Crippen LogP contribution in [0.15, 0.2) is 30.5 Å². The fourth-order valence-electron chi connectivity index (χ4n) is 1.95. The summed E-state index contributed by atoms with van der Waals surface area (Å²) in [7, 11) is 0. The predicted octanol–water partition coefficient (Wildman–Crippen LogP) is 1.80. The maximum atomic E-state index is 13.3. The second-order valence-electron chi connectivity index (χ2n) is 3.89. The van der Waals surface area contributed by atoms with Crippen LogP contribution in [-0.4, -0.2) is 21.1 Å². The number of carbonyl (C=O) groups excluding carboxylic acids is 1. The van der Waals surface area contributed by atoms with Crippen molar-refractivity contribution in [2.45, 2.75) is 0 Å². The molecule has 0 atom stereocenters. The molecule has 0 radical (unpaired) electrons. The van der Waals surface area contributed by atoms with Gasteiger partial charge in [-0.2, -0.15) is 5.10 Å². The van der Waals surface area contributed by atoms with Crippen molar-refractivity contribution in [3.8, 4) is 11.3 Å². The van der Waals surface area contributed by atoms with E-state index in [0.29, 0.717) is 16.8 Å². The predicted molar refractivity (Wildman–Crippen MR) is 64.4 cm³/mol. The van der Waals surface area contributed by atoms with Gasteiger partial charge in [-0.15, -0.1) is 0 Å². The summed E-state index contributed by atoms with van der Waals surface area (Å²) in [6.07, 6.45) is 1.73. The van der Waals surface area contributed by atoms with Gasteiger partial charge in [-0.05, 0) is 24.3 Å². The first kappa shape index (κ1) is 10.5. The van der Waals surface area contributed by atoms with Crippen molar-refractivity contribution in [3.63, 3.8) is 0 Å². The molecule has 0 bridgehead atoms. The van der Waals surface area contributed by atoms with Crippen molar-refractivity contribution < 1.29 is 9.18 Å². The number of nitrogens with two attached hydrogens (primary N) is 1. The summed E-state index contributed by atoms with van der Waals surface area (Å²) >= 11 is 0. The fourth-order valence-corrected chi connectivity index (χ4v) is 1.95. The van der Waals surface area contributed by atoms with Crippen LogP contribution < -0.4 is 5.73 Å². The maximum Gasteiger partial charge on any atom is 0.249 e. The molecule has 0 aliphatic rings. The molecule has 0 spiro atoms. The van der Waals surface area contributed by atoms with Crippen LogP contribution in [-0.2, 0) is 0 Å². The standard InChI is InChI=1S/C12H9FN4O/c13-6-1-2-7(12(14)18)8(5-6)10-11-9(16-17-10)3-4-15-11/h1-5,15H,(H2,14,18)(H,16,17). The average Bonchev–Trinajstić information content (AvgIpc) is 2.89. The molecule has 0 unspecified atom stereocenters. The Bertz CT molecular complexity index is 743. The molecule has 2 aromatic heterocycles. The van der Waals surface area contributed by atoms with E-state index in [-0.39, 0.29) is 5.56 Å². The van der Waals surface area contributed by atoms with Crippen LogP contribution >= 0.6 is 0 Å². The average molecular weight is 244 g/mol. The van der Waals surface area contributed by atoms with Crippen LogP contribution in [0.1, 0.15) is 10.4 Å². The minimum atomic E-state index is -0.618. The number of hydrogen-bond acceptors (Lipinski definition) is 2. The minimum absolute atomic E-state index is 0.236. The molecule has 0 fully saturated rings. The third-order valence-corrected chi connectivity index (χ3v) is 2.77. The van der Waals surface area contributed by atoms with Gasteiger partial charge in [0, 0.05) is 17.3 Å². The molecule has 3 rings (SSSR count). The van der Waals surface area contributed by atoms with E-state index in [1.54, 1.807) is 12.3 Å². The van der Waals surface area contributed by atoms with Gasteiger partial charge in [0.1, 0.15) is 11.5 Å². The number of hydrogen-bond donors (Lipinski definition) is 3. The summed E-state index contributed by atoms with van der Waals surface area (Å²) in [4.78, 5) is 14.3. The van der Waals surface area contributed by atoms with E-state index in [1.165, 1.54) is 18.2 Å². The van der Waals surface area contributed by atoms with Crippen LogP contribution in [0.25, 0.3) is 22.3 Å². The van der Waals surface area contributed by atoms with Gasteiger partial charge in [-0.25, -0.2) is 4.39 Å². The van der Waals surface area contributed by atoms with Crippen LogP contribution in [0.2, 0.25) is 0 Å². The molecule has 6 heteroatoms. The number of fused-ring (bicyclic) bond motifs is 1. The van der Waals surface area contributed by atoms with E-state index in [0.717, 1.165) is 5.52 Å². The first-order valence-corrected chi connectivity index (χ1v) is 5.28. The molecule has 1 amide bonds. The van der Waals surface area contributed by atoms with E-state index in [2.05, 4.69) is 15.2 Å². The van der Waals surface area contributed by atoms with Gasteiger partial charge in [-0.3, -0.25) is 9.89 Å². The molecule has 2 heterocycles. The van der Waals surface area contributed by atoms with E-state index < -0.39 is 11.7 Å². The van der Waals surface area contributed by atoms with Gasteiger partial charge in [0.2, 0.25) is 5.91 Å². The molecule has 18 heavy (non-hydrogen) atoms. The molecule has 0 saturated heterocycles. The van der Waals surface area contributed by atoms with E-state index in [4.69, 9.17) is 5.73 Å². The highest BCUT2D eigenvalue weighted by Crippen LogP contribution is 2.28. The number of carbonyl (C=O) groups is 1. The molecule has 1 aromatic carbocycles. The van der Waals surface area contributed by atoms with Crippen molar-refractivity contribution in [2.24, 2.45) is 5.73 Å². The highest BCUT2D eigenvalue weighted by Gasteiger charge is 2.16. The van der Waals surface area contributed by atoms with E-state index in [9.17, 15) is 9.18 Å². The lowest BCUT2D eigenvalue weighted by molar-refractivity contribution is 0.100. The monoisotopic (exact) mass is 244 g/mol. The molecule has 3 aromatic rings. The number of nitrogens with one attached hydrogen (secondary N) is 2. The highest BCUT2D eigenvalue weighted by molar-refractivity contribution is 6.03. The van der Waals surface area contributed by atoms with Crippen molar-refractivity contribution >= 4 is 16.9 Å². The Morgan fingerprint density at radius 1 is 1.33 bits per heavy atom. The molecule has 4 N–H and O–H groups in total. The Hall–Kier alpha value is -2.63. The normalized spacial score (nSPS) is 10.9. The van der Waals surface area contributed by atoms with E-state index in [1.807, 2.05) is 0 Å². The number of benzene rings is 1. The topological polar surface area (TPSA) is 87.6 Å². The quantitative estimate of drug-likeness (QED) is 0.641. The third-order valence-electron chi connectivity index (χ3n) is 2.77. The number of rotatable bonds is 2. The number of H-pyrrole nitrogens is 2. The van der Waals surface area contributed by atoms with Gasteiger partial charge in [0.15, 0.2) is 0 Å². The van der Waals surface area contributed by atoms with Crippen molar-refractivity contribution in [1.82, 2.24) is 15.2 Å². The third kappa shape index (κ3) is 1.46. The molecule has 5 nitrogen and oxygen atoms in total. The van der Waals surface area contributed by atoms with Crippen molar-refractivity contribution in [1.29, 1.82) is 0 Å². The Morgan fingerprint density at radius 2 is 2.17 bits per heavy atom. The summed E-state index contributed by atoms with van der Waals surface area (Å²) < 4.78 is 13.3. The molecular weight excluding hydrogens is 235 g/mol. The fraction of sp³-hybridized carbons (Fsp3) is 0. The van der Waals surface area contributed by atoms with Gasteiger partial charge in [0.05, 0.1) is 11.0 Å². The van der Waals surface area contributed by atoms with Crippen molar-refractivity contribution in [2.75, 3.05) is 0 Å². The Morgan fingerprint density at radius 3 is 2.94 bits per heavy atom. The first-order chi connectivity index (χ1) is 8.66. The molecule has 90 valence electrons. The molecule has 0 aliphatic carbocycles. The number of nitrogens with zero attached hydrogens (tertiary/aromatic N) is 1. The van der Waals surface area contributed by atoms with Gasteiger partial charge in [0.25, 0.3) is 0 Å². The zero-order chi connectivity index (χ0) is 12.7. The Labute approximate surface area is 101 Å². The zero-order valence-electron chi connectivity index (χ0n) is 9.20. The second-order valence-corrected chi connectivity index (χ2v) is 3.89. The summed E-state index contributed by atoms with van der Waals surface area (Å²) in [5.41, 5.74) is 7.86. The Balaban J connectivity index is 2.31. The van der Waals surface area contributed by atoms with Crippen LogP contribution in [0, 0.1) is 5.82 Å². The lowest BCUT2D eigenvalue weighted by Crippen LogP contribution is -2.12. The summed E-state index contributed by atoms with van der Waals surface area (Å²) in [6, 6.07) is 5.60. The van der Waals surface area contributed by atoms with Gasteiger partial charge in [-0.1, -0.05) is 0 Å². The summed E-state index contributed by atoms with van der Waals surface area (Å²) in [5.74, 6) is -1.06. The lowest BCUT2D eigenvalue weighted by atomic mass is 10.0. The smallest absolute Gasteiger partial charge is 0.249 e. The lowest BCUT2D eigenvalue weighted by Gasteiger charge is -2.04. The van der Waals surface area contributed by atoms with Crippen molar-refractivity contribution in [3.05, 3.63) is 41.8 Å². The Kier molecular flexibility index (Phi) is 2.16. The summed E-state index contributed by atoms with van der Waals surface area (Å²) in [6.45, 7) is 0. The number of aromatic nitrogens is 3. The molecule has 0 saturated carbocycles. The first-order valence-electron chi connectivity index (χ1n) is 5.28. The molecular formula is C12H9FN4O. The highest BCUT2D eigenvalue weighted by atomic mass is 19.1.